The van der Waals surface area contributed by atoms with Gasteiger partial charge in [0.1, 0.15) is 6.07 Å². The summed E-state index contributed by atoms with van der Waals surface area (Å²) in [7, 11) is 0. The van der Waals surface area contributed by atoms with Gasteiger partial charge in [-0.2, -0.15) is 5.26 Å². The largest absolute Gasteiger partial charge is 0.370 e. The van der Waals surface area contributed by atoms with Gasteiger partial charge in [-0.15, -0.1) is 0 Å². The van der Waals surface area contributed by atoms with Crippen LogP contribution in [0, 0.1) is 11.3 Å². The number of benzene rings is 1. The molecular weight excluding hydrogens is 266 g/mol. The maximum absolute atomic E-state index is 11.5. The van der Waals surface area contributed by atoms with Gasteiger partial charge in [-0.3, -0.25) is 9.59 Å². The molecule has 0 unspecified atom stereocenters. The maximum atomic E-state index is 11.5. The van der Waals surface area contributed by atoms with Gasteiger partial charge in [-0.05, 0) is 38.0 Å². The maximum Gasteiger partial charge on any atom is 0.217 e. The predicted octanol–water partition coefficient (Wildman–Crippen LogP) is 1.87. The Bertz CT molecular complexity index is 596. The minimum atomic E-state index is -0.00950. The molecule has 1 heterocycles. The van der Waals surface area contributed by atoms with E-state index in [1.807, 2.05) is 0 Å². The van der Waals surface area contributed by atoms with Gasteiger partial charge < -0.3 is 10.2 Å². The Labute approximate surface area is 124 Å². The van der Waals surface area contributed by atoms with Crippen LogP contribution in [0.25, 0.3) is 0 Å². The molecule has 5 heteroatoms. The second kappa shape index (κ2) is 6.40. The normalized spacial score (nSPS) is 15.4. The van der Waals surface area contributed by atoms with E-state index in [1.165, 1.54) is 13.8 Å². The van der Waals surface area contributed by atoms with E-state index in [1.54, 1.807) is 18.2 Å². The van der Waals surface area contributed by atoms with Gasteiger partial charge in [0.2, 0.25) is 5.91 Å². The van der Waals surface area contributed by atoms with E-state index >= 15 is 0 Å². The second-order valence-corrected chi connectivity index (χ2v) is 5.36. The number of hydrogen-bond acceptors (Lipinski definition) is 4. The first kappa shape index (κ1) is 15.0. The fraction of sp³-hybridized carbons (Fsp3) is 0.438. The van der Waals surface area contributed by atoms with E-state index in [9.17, 15) is 14.9 Å². The number of nitrogens with zero attached hydrogens (tertiary/aromatic N) is 2. The van der Waals surface area contributed by atoms with Gasteiger partial charge in [-0.1, -0.05) is 0 Å². The Kier molecular flexibility index (Phi) is 4.59. The van der Waals surface area contributed by atoms with Crippen LogP contribution in [0.4, 0.5) is 5.69 Å². The average molecular weight is 285 g/mol. The number of Topliss-reactive ketones (excluding diaryl/α,β-unsaturated/α-hetero) is 1. The molecule has 0 aromatic heterocycles. The molecule has 0 radical (unpaired) electrons. The fourth-order valence-corrected chi connectivity index (χ4v) is 2.66. The molecule has 5 nitrogen and oxygen atoms in total. The number of amides is 1. The zero-order chi connectivity index (χ0) is 15.4. The van der Waals surface area contributed by atoms with Gasteiger partial charge in [0.05, 0.1) is 11.3 Å². The highest BCUT2D eigenvalue weighted by Gasteiger charge is 2.22. The topological polar surface area (TPSA) is 73.2 Å². The molecule has 1 fully saturated rings. The van der Waals surface area contributed by atoms with Gasteiger partial charge in [0.25, 0.3) is 0 Å². The fourth-order valence-electron chi connectivity index (χ4n) is 2.66. The molecule has 1 N–H and O–H groups in total. The molecule has 0 spiro atoms. The van der Waals surface area contributed by atoms with E-state index in [2.05, 4.69) is 16.3 Å². The molecule has 0 bridgehead atoms. The highest BCUT2D eigenvalue weighted by molar-refractivity contribution is 5.95. The minimum Gasteiger partial charge on any atom is -0.370 e. The minimum absolute atomic E-state index is 0.00567. The number of carbonyl (C=O) groups excluding carboxylic acids is 2. The number of carbonyl (C=O) groups is 2. The van der Waals surface area contributed by atoms with E-state index in [-0.39, 0.29) is 17.7 Å². The smallest absolute Gasteiger partial charge is 0.217 e. The van der Waals surface area contributed by atoms with Crippen molar-refractivity contribution in [2.45, 2.75) is 32.7 Å². The van der Waals surface area contributed by atoms with E-state index < -0.39 is 0 Å². The van der Waals surface area contributed by atoms with Crippen LogP contribution < -0.4 is 10.2 Å². The lowest BCUT2D eigenvalue weighted by molar-refractivity contribution is -0.119. The van der Waals surface area contributed by atoms with Crippen LogP contribution in [-0.2, 0) is 4.79 Å². The Morgan fingerprint density at radius 1 is 1.29 bits per heavy atom. The molecule has 110 valence electrons. The monoisotopic (exact) mass is 285 g/mol. The molecule has 1 aliphatic heterocycles. The number of rotatable bonds is 3. The number of hydrogen-bond donors (Lipinski definition) is 1. The van der Waals surface area contributed by atoms with Crippen LogP contribution in [-0.4, -0.2) is 30.8 Å². The molecule has 1 aromatic rings. The molecule has 0 aliphatic carbocycles. The zero-order valence-electron chi connectivity index (χ0n) is 12.3. The molecule has 0 saturated carbocycles. The third-order valence-electron chi connectivity index (χ3n) is 3.77. The van der Waals surface area contributed by atoms with Crippen molar-refractivity contribution in [2.75, 3.05) is 18.0 Å². The average Bonchev–Trinajstić information content (AvgIpc) is 2.46. The summed E-state index contributed by atoms with van der Waals surface area (Å²) in [4.78, 5) is 24.7. The summed E-state index contributed by atoms with van der Waals surface area (Å²) in [6.07, 6.45) is 1.68. The third kappa shape index (κ3) is 3.60. The summed E-state index contributed by atoms with van der Waals surface area (Å²) >= 11 is 0. The van der Waals surface area contributed by atoms with Crippen LogP contribution in [0.1, 0.15) is 42.6 Å². The number of ketones is 1. The van der Waals surface area contributed by atoms with Crippen molar-refractivity contribution in [3.05, 3.63) is 29.3 Å². The van der Waals surface area contributed by atoms with Crippen molar-refractivity contribution in [3.8, 4) is 6.07 Å². The van der Waals surface area contributed by atoms with Crippen LogP contribution in [0.15, 0.2) is 18.2 Å². The number of nitriles is 1. The second-order valence-electron chi connectivity index (χ2n) is 5.36. The predicted molar refractivity (Wildman–Crippen MR) is 80.2 cm³/mol. The molecule has 2 rings (SSSR count). The highest BCUT2D eigenvalue weighted by atomic mass is 16.1. The lowest BCUT2D eigenvalue weighted by atomic mass is 10.0. The lowest BCUT2D eigenvalue weighted by Crippen LogP contribution is -2.44. The van der Waals surface area contributed by atoms with Crippen LogP contribution in [0.2, 0.25) is 0 Å². The summed E-state index contributed by atoms with van der Waals surface area (Å²) in [5, 5.41) is 12.2. The van der Waals surface area contributed by atoms with Gasteiger partial charge in [-0.25, -0.2) is 0 Å². The Balaban J connectivity index is 2.15. The standard InChI is InChI=1S/C16H19N3O2/c1-11(20)13-3-4-14(10-17)16(9-13)19-7-5-15(6-8-19)18-12(2)21/h3-4,9,15H,5-8H2,1-2H3,(H,18,21). The van der Waals surface area contributed by atoms with Gasteiger partial charge >= 0.3 is 0 Å². The van der Waals surface area contributed by atoms with Crippen molar-refractivity contribution >= 4 is 17.4 Å². The summed E-state index contributed by atoms with van der Waals surface area (Å²) in [5.74, 6) is -0.0152. The van der Waals surface area contributed by atoms with Crippen molar-refractivity contribution in [2.24, 2.45) is 0 Å². The first-order valence-electron chi connectivity index (χ1n) is 7.08. The first-order valence-corrected chi connectivity index (χ1v) is 7.08. The van der Waals surface area contributed by atoms with Gasteiger partial charge in [0.15, 0.2) is 5.78 Å². The SMILES string of the molecule is CC(=O)NC1CCN(c2cc(C(C)=O)ccc2C#N)CC1. The first-order chi connectivity index (χ1) is 10.0. The van der Waals surface area contributed by atoms with Crippen LogP contribution in [0.3, 0.4) is 0 Å². The van der Waals surface area contributed by atoms with Crippen LogP contribution >= 0.6 is 0 Å². The summed E-state index contributed by atoms with van der Waals surface area (Å²) < 4.78 is 0. The van der Waals surface area contributed by atoms with Crippen LogP contribution in [0.5, 0.6) is 0 Å². The molecule has 21 heavy (non-hydrogen) atoms. The molecular formula is C16H19N3O2. The Morgan fingerprint density at radius 3 is 2.48 bits per heavy atom. The van der Waals surface area contributed by atoms with Crippen molar-refractivity contribution < 1.29 is 9.59 Å². The highest BCUT2D eigenvalue weighted by Crippen LogP contribution is 2.25. The summed E-state index contributed by atoms with van der Waals surface area (Å²) in [6.45, 7) is 4.58. The zero-order valence-corrected chi connectivity index (χ0v) is 12.3. The lowest BCUT2D eigenvalue weighted by Gasteiger charge is -2.34. The molecule has 1 aromatic carbocycles. The van der Waals surface area contributed by atoms with E-state index in [0.717, 1.165) is 31.6 Å². The molecule has 1 amide bonds. The van der Waals surface area contributed by atoms with Crippen molar-refractivity contribution in [1.29, 1.82) is 5.26 Å². The summed E-state index contributed by atoms with van der Waals surface area (Å²) in [5.41, 5.74) is 2.01. The number of anilines is 1. The molecule has 0 atom stereocenters. The van der Waals surface area contributed by atoms with Gasteiger partial charge in [0, 0.05) is 31.6 Å². The Hall–Kier alpha value is -2.35. The molecule has 1 saturated heterocycles. The Morgan fingerprint density at radius 2 is 1.95 bits per heavy atom. The molecule has 1 aliphatic rings. The van der Waals surface area contributed by atoms with E-state index in [4.69, 9.17) is 0 Å². The third-order valence-corrected chi connectivity index (χ3v) is 3.77. The van der Waals surface area contributed by atoms with E-state index in [0.29, 0.717) is 11.1 Å². The van der Waals surface area contributed by atoms with Crippen molar-refractivity contribution in [1.82, 2.24) is 5.32 Å². The quantitative estimate of drug-likeness (QED) is 0.860. The number of nitrogens with one attached hydrogen (secondary N) is 1. The summed E-state index contributed by atoms with van der Waals surface area (Å²) in [6, 6.07) is 7.56. The number of piperidine rings is 1. The van der Waals surface area contributed by atoms with Crippen molar-refractivity contribution in [3.63, 3.8) is 0 Å².